The smallest absolute Gasteiger partial charge is 0.309 e. The second-order valence-corrected chi connectivity index (χ2v) is 13.9. The summed E-state index contributed by atoms with van der Waals surface area (Å²) in [5, 5.41) is 5.48. The number of fused-ring (bicyclic) bond motifs is 3. The van der Waals surface area contributed by atoms with Gasteiger partial charge in [0.05, 0.1) is 11.0 Å². The van der Waals surface area contributed by atoms with Crippen molar-refractivity contribution in [3.05, 3.63) is 109 Å². The first kappa shape index (κ1) is 20.6. The van der Waals surface area contributed by atoms with E-state index in [1.807, 2.05) is 17.8 Å². The van der Waals surface area contributed by atoms with Gasteiger partial charge in [0, 0.05) is 28.6 Å². The second kappa shape index (κ2) is 7.81. The Hall–Kier alpha value is -3.98. The van der Waals surface area contributed by atoms with Gasteiger partial charge in [-0.15, -0.1) is 0 Å². The van der Waals surface area contributed by atoms with Gasteiger partial charge in [0.15, 0.2) is 7.05 Å². The fourth-order valence-corrected chi connectivity index (χ4v) is 7.34. The molecule has 0 amide bonds. The lowest BCUT2D eigenvalue weighted by molar-refractivity contribution is -0.429. The molecule has 0 saturated heterocycles. The van der Waals surface area contributed by atoms with Gasteiger partial charge in [0.2, 0.25) is 11.9 Å². The third-order valence-corrected chi connectivity index (χ3v) is 10.5. The number of benzene rings is 4. The van der Waals surface area contributed by atoms with E-state index in [0.717, 1.165) is 5.69 Å². The van der Waals surface area contributed by atoms with Crippen molar-refractivity contribution in [2.24, 2.45) is 0 Å². The molecule has 0 bridgehead atoms. The lowest BCUT2D eigenvalue weighted by Gasteiger charge is -2.24. The van der Waals surface area contributed by atoms with Gasteiger partial charge in [-0.05, 0) is 29.5 Å². The average molecular weight is 458 g/mol. The van der Waals surface area contributed by atoms with E-state index >= 15 is 0 Å². The summed E-state index contributed by atoms with van der Waals surface area (Å²) in [6.45, 7) is 4.89. The first-order valence-electron chi connectivity index (χ1n) is 11.7. The van der Waals surface area contributed by atoms with E-state index in [2.05, 4.69) is 132 Å². The Bertz CT molecular complexity index is 1670. The molecule has 0 N–H and O–H groups in total. The number of hydrogen-bond donors (Lipinski definition) is 0. The van der Waals surface area contributed by atoms with E-state index in [1.165, 1.54) is 37.9 Å². The summed E-state index contributed by atoms with van der Waals surface area (Å²) < 4.78 is 6.39. The zero-order valence-electron chi connectivity index (χ0n) is 19.7. The van der Waals surface area contributed by atoms with Crippen LogP contribution in [-0.4, -0.2) is 34.8 Å². The SMILES string of the molecule is C[N+]1=C=[N+](c2cccc([Si](C)(C)c3ccc4c(c3)c3ccccc3n4-c3ccccc3)c2)C=C1. The Labute approximate surface area is 200 Å². The topological polar surface area (TPSA) is 10.9 Å². The van der Waals surface area contributed by atoms with Crippen molar-refractivity contribution >= 4 is 51.9 Å². The third kappa shape index (κ3) is 3.28. The van der Waals surface area contributed by atoms with Gasteiger partial charge in [0.1, 0.15) is 8.07 Å². The molecule has 0 atom stereocenters. The highest BCUT2D eigenvalue weighted by atomic mass is 28.3. The Kier molecular flexibility index (Phi) is 4.73. The fourth-order valence-electron chi connectivity index (χ4n) is 4.98. The molecule has 0 saturated carbocycles. The van der Waals surface area contributed by atoms with Crippen LogP contribution in [0.5, 0.6) is 0 Å². The molecule has 1 aromatic heterocycles. The van der Waals surface area contributed by atoms with Gasteiger partial charge in [-0.2, -0.15) is 0 Å². The van der Waals surface area contributed by atoms with Crippen LogP contribution in [-0.2, 0) is 0 Å². The lowest BCUT2D eigenvalue weighted by Crippen LogP contribution is -2.52. The summed E-state index contributed by atoms with van der Waals surface area (Å²) >= 11 is 0. The van der Waals surface area contributed by atoms with Gasteiger partial charge in [-0.3, -0.25) is 0 Å². The van der Waals surface area contributed by atoms with Crippen LogP contribution in [0.4, 0.5) is 5.69 Å². The number of aromatic nitrogens is 1. The van der Waals surface area contributed by atoms with Crippen LogP contribution in [0.3, 0.4) is 0 Å². The molecule has 4 aromatic carbocycles. The monoisotopic (exact) mass is 457 g/mol. The van der Waals surface area contributed by atoms with Gasteiger partial charge in [0.25, 0.3) is 6.20 Å². The van der Waals surface area contributed by atoms with Crippen LogP contribution in [0, 0.1) is 0 Å². The summed E-state index contributed by atoms with van der Waals surface area (Å²) in [4.78, 5) is 0. The molecule has 0 aliphatic carbocycles. The van der Waals surface area contributed by atoms with E-state index in [1.54, 1.807) is 0 Å². The summed E-state index contributed by atoms with van der Waals surface area (Å²) in [5.41, 5.74) is 4.85. The van der Waals surface area contributed by atoms with Crippen LogP contribution >= 0.6 is 0 Å². The van der Waals surface area contributed by atoms with Gasteiger partial charge in [-0.25, -0.2) is 0 Å². The van der Waals surface area contributed by atoms with Crippen molar-refractivity contribution in [3.8, 4) is 5.69 Å². The van der Waals surface area contributed by atoms with Crippen molar-refractivity contribution in [2.75, 3.05) is 7.05 Å². The molecule has 4 heteroatoms. The molecule has 0 unspecified atom stereocenters. The van der Waals surface area contributed by atoms with Crippen molar-refractivity contribution in [1.82, 2.24) is 4.57 Å². The summed E-state index contributed by atoms with van der Waals surface area (Å²) in [5.74, 6) is 0. The highest BCUT2D eigenvalue weighted by molar-refractivity contribution is 7.00. The van der Waals surface area contributed by atoms with Crippen LogP contribution in [0.15, 0.2) is 109 Å². The van der Waals surface area contributed by atoms with Crippen molar-refractivity contribution < 1.29 is 9.15 Å². The zero-order chi connectivity index (χ0) is 23.3. The van der Waals surface area contributed by atoms with Crippen LogP contribution < -0.4 is 10.4 Å². The summed E-state index contributed by atoms with van der Waals surface area (Å²) in [6.07, 6.45) is 4.07. The second-order valence-electron chi connectivity index (χ2n) is 9.47. The number of para-hydroxylation sites is 2. The van der Waals surface area contributed by atoms with Gasteiger partial charge >= 0.3 is 6.01 Å². The molecule has 34 heavy (non-hydrogen) atoms. The predicted molar refractivity (Wildman–Crippen MR) is 144 cm³/mol. The minimum atomic E-state index is -1.93. The molecule has 5 aromatic rings. The quantitative estimate of drug-likeness (QED) is 0.248. The zero-order valence-corrected chi connectivity index (χ0v) is 20.7. The molecule has 2 heterocycles. The van der Waals surface area contributed by atoms with E-state index in [4.69, 9.17) is 0 Å². The molecule has 1 aliphatic heterocycles. The maximum Gasteiger partial charge on any atom is 0.495 e. The Morgan fingerprint density at radius 3 is 2.21 bits per heavy atom. The third-order valence-electron chi connectivity index (χ3n) is 6.96. The van der Waals surface area contributed by atoms with E-state index < -0.39 is 8.07 Å². The molecular formula is C30H27N3Si+2. The van der Waals surface area contributed by atoms with Crippen LogP contribution in [0.2, 0.25) is 13.1 Å². The van der Waals surface area contributed by atoms with Crippen molar-refractivity contribution in [3.63, 3.8) is 0 Å². The minimum Gasteiger partial charge on any atom is -0.309 e. The van der Waals surface area contributed by atoms with E-state index in [-0.39, 0.29) is 0 Å². The molecular weight excluding hydrogens is 430 g/mol. The maximum atomic E-state index is 3.32. The minimum absolute atomic E-state index is 1.15. The molecule has 164 valence electrons. The van der Waals surface area contributed by atoms with E-state index in [0.29, 0.717) is 0 Å². The van der Waals surface area contributed by atoms with Crippen LogP contribution in [0.1, 0.15) is 0 Å². The number of nitrogens with zero attached hydrogens (tertiary/aromatic N) is 3. The van der Waals surface area contributed by atoms with Crippen molar-refractivity contribution in [1.29, 1.82) is 0 Å². The maximum absolute atomic E-state index is 3.32. The summed E-state index contributed by atoms with van der Waals surface area (Å²) in [6, 6.07) is 38.8. The molecule has 1 aliphatic rings. The first-order chi connectivity index (χ1) is 16.5. The molecule has 0 radical (unpaired) electrons. The normalized spacial score (nSPS) is 13.5. The fraction of sp³-hybridized carbons (Fsp3) is 0.100. The molecule has 0 spiro atoms. The Morgan fingerprint density at radius 2 is 1.41 bits per heavy atom. The van der Waals surface area contributed by atoms with Crippen molar-refractivity contribution in [2.45, 2.75) is 13.1 Å². The molecule has 6 rings (SSSR count). The molecule has 3 nitrogen and oxygen atoms in total. The lowest BCUT2D eigenvalue weighted by atomic mass is 10.1. The highest BCUT2D eigenvalue weighted by Gasteiger charge is 2.29. The Balaban J connectivity index is 1.52. The number of rotatable bonds is 4. The molecule has 0 fully saturated rings. The van der Waals surface area contributed by atoms with Crippen LogP contribution in [0.25, 0.3) is 27.5 Å². The average Bonchev–Trinajstić information content (AvgIpc) is 3.45. The standard InChI is InChI=1S/C30H27N3Si/c1-31-18-19-32(22-31)24-12-9-13-25(20-24)34(2,3)26-16-17-30-28(21-26)27-14-7-8-15-29(27)33(30)23-10-5-4-6-11-23/h4-21H,1-3H3/q+2. The first-order valence-corrected chi connectivity index (χ1v) is 14.7. The number of hydrogen-bond acceptors (Lipinski definition) is 0. The Morgan fingerprint density at radius 1 is 0.676 bits per heavy atom. The predicted octanol–water partition coefficient (Wildman–Crippen LogP) is 5.55. The van der Waals surface area contributed by atoms with Gasteiger partial charge < -0.3 is 4.57 Å². The summed E-state index contributed by atoms with van der Waals surface area (Å²) in [7, 11) is 0.0693. The largest absolute Gasteiger partial charge is 0.495 e. The van der Waals surface area contributed by atoms with E-state index in [9.17, 15) is 0 Å². The highest BCUT2D eigenvalue weighted by Crippen LogP contribution is 2.31. The van der Waals surface area contributed by atoms with Gasteiger partial charge in [-0.1, -0.05) is 88.1 Å².